The zero-order valence-electron chi connectivity index (χ0n) is 9.32. The van der Waals surface area contributed by atoms with Crippen LogP contribution in [0.2, 0.25) is 0 Å². The average Bonchev–Trinajstić information content (AvgIpc) is 2.51. The molecule has 1 heterocycles. The van der Waals surface area contributed by atoms with Gasteiger partial charge in [0.15, 0.2) is 0 Å². The Bertz CT molecular complexity index is 291. The summed E-state index contributed by atoms with van der Waals surface area (Å²) < 4.78 is 7.25. The Morgan fingerprint density at radius 3 is 2.79 bits per heavy atom. The summed E-state index contributed by atoms with van der Waals surface area (Å²) in [5.41, 5.74) is 6.78. The van der Waals surface area contributed by atoms with E-state index in [1.807, 2.05) is 13.1 Å². The van der Waals surface area contributed by atoms with Gasteiger partial charge in [0.1, 0.15) is 0 Å². The second-order valence-corrected chi connectivity index (χ2v) is 4.22. The van der Waals surface area contributed by atoms with Crippen LogP contribution in [-0.4, -0.2) is 23.3 Å². The minimum atomic E-state index is -0.103. The number of hydrogen-bond acceptors (Lipinski definition) is 3. The maximum atomic E-state index is 5.85. The lowest BCUT2D eigenvalue weighted by Crippen LogP contribution is -2.33. The van der Waals surface area contributed by atoms with E-state index in [0.717, 1.165) is 5.69 Å². The Balaban J connectivity index is 2.99. The third-order valence-electron chi connectivity index (χ3n) is 2.28. The molecule has 0 saturated carbocycles. The summed E-state index contributed by atoms with van der Waals surface area (Å²) in [5, 5.41) is 0. The first-order valence-electron chi connectivity index (χ1n) is 4.76. The fourth-order valence-corrected chi connectivity index (χ4v) is 1.57. The summed E-state index contributed by atoms with van der Waals surface area (Å²) in [6, 6.07) is -0.00590. The van der Waals surface area contributed by atoms with E-state index in [2.05, 4.69) is 23.4 Å². The molecule has 0 saturated heterocycles. The highest BCUT2D eigenvalue weighted by Gasteiger charge is 2.23. The summed E-state index contributed by atoms with van der Waals surface area (Å²) in [4.78, 5) is 4.12. The molecule has 0 radical (unpaired) electrons. The van der Waals surface area contributed by atoms with E-state index in [1.54, 1.807) is 13.4 Å². The Labute approximate surface area is 85.1 Å². The maximum Gasteiger partial charge on any atom is 0.0954 e. The second-order valence-electron chi connectivity index (χ2n) is 4.22. The number of hydrogen-bond donors (Lipinski definition) is 1. The van der Waals surface area contributed by atoms with Gasteiger partial charge in [-0.25, -0.2) is 4.98 Å². The zero-order valence-corrected chi connectivity index (χ0v) is 9.32. The highest BCUT2D eigenvalue weighted by atomic mass is 16.5. The van der Waals surface area contributed by atoms with Crippen molar-refractivity contribution in [3.63, 3.8) is 0 Å². The first-order valence-corrected chi connectivity index (χ1v) is 4.76. The van der Waals surface area contributed by atoms with Crippen LogP contribution in [0.25, 0.3) is 0 Å². The average molecular weight is 197 g/mol. The summed E-state index contributed by atoms with van der Waals surface area (Å²) in [6.07, 6.45) is 3.61. The molecule has 80 valence electrons. The Morgan fingerprint density at radius 2 is 2.29 bits per heavy atom. The van der Waals surface area contributed by atoms with Gasteiger partial charge in [-0.2, -0.15) is 0 Å². The highest BCUT2D eigenvalue weighted by molar-refractivity contribution is 5.06. The van der Waals surface area contributed by atoms with Crippen molar-refractivity contribution in [2.24, 2.45) is 5.73 Å². The van der Waals surface area contributed by atoms with Crippen molar-refractivity contribution in [1.29, 1.82) is 0 Å². The van der Waals surface area contributed by atoms with Crippen LogP contribution in [0.15, 0.2) is 12.5 Å². The first kappa shape index (κ1) is 11.2. The maximum absolute atomic E-state index is 5.85. The monoisotopic (exact) mass is 197 g/mol. The van der Waals surface area contributed by atoms with E-state index < -0.39 is 0 Å². The van der Waals surface area contributed by atoms with Gasteiger partial charge in [0.05, 0.1) is 24.2 Å². The van der Waals surface area contributed by atoms with Crippen molar-refractivity contribution in [3.8, 4) is 0 Å². The van der Waals surface area contributed by atoms with Crippen LogP contribution in [0.4, 0.5) is 0 Å². The first-order chi connectivity index (χ1) is 6.49. The predicted octanol–water partition coefficient (Wildman–Crippen LogP) is 1.28. The summed E-state index contributed by atoms with van der Waals surface area (Å²) in [7, 11) is 1.70. The molecule has 14 heavy (non-hydrogen) atoms. The molecule has 1 atom stereocenters. The Kier molecular flexibility index (Phi) is 3.29. The van der Waals surface area contributed by atoms with Crippen LogP contribution in [0.3, 0.4) is 0 Å². The second kappa shape index (κ2) is 4.11. The molecule has 0 amide bonds. The van der Waals surface area contributed by atoms with E-state index in [1.165, 1.54) is 0 Å². The van der Waals surface area contributed by atoms with E-state index in [4.69, 9.17) is 10.5 Å². The van der Waals surface area contributed by atoms with Gasteiger partial charge in [-0.1, -0.05) is 0 Å². The van der Waals surface area contributed by atoms with Gasteiger partial charge in [0.2, 0.25) is 0 Å². The minimum Gasteiger partial charge on any atom is -0.382 e. The fourth-order valence-electron chi connectivity index (χ4n) is 1.57. The van der Waals surface area contributed by atoms with Crippen LogP contribution in [0.1, 0.15) is 32.5 Å². The molecular weight excluding hydrogens is 178 g/mol. The molecule has 4 nitrogen and oxygen atoms in total. The lowest BCUT2D eigenvalue weighted by atomic mass is 10.1. The van der Waals surface area contributed by atoms with Crippen molar-refractivity contribution in [3.05, 3.63) is 18.2 Å². The zero-order chi connectivity index (χ0) is 10.8. The smallest absolute Gasteiger partial charge is 0.0954 e. The molecule has 0 fully saturated rings. The van der Waals surface area contributed by atoms with Crippen LogP contribution >= 0.6 is 0 Å². The number of nitrogens with two attached hydrogens (primary N) is 1. The molecule has 0 aliphatic carbocycles. The Hall–Kier alpha value is -0.870. The number of ether oxygens (including phenoxy) is 1. The van der Waals surface area contributed by atoms with Crippen molar-refractivity contribution in [1.82, 2.24) is 9.55 Å². The van der Waals surface area contributed by atoms with E-state index >= 15 is 0 Å². The lowest BCUT2D eigenvalue weighted by Gasteiger charge is -2.28. The molecule has 1 aromatic heterocycles. The van der Waals surface area contributed by atoms with Gasteiger partial charge in [0, 0.05) is 19.3 Å². The van der Waals surface area contributed by atoms with Crippen LogP contribution < -0.4 is 5.73 Å². The van der Waals surface area contributed by atoms with Gasteiger partial charge in [-0.15, -0.1) is 0 Å². The standard InChI is InChI=1S/C10H19N3O/c1-8(11)9-5-12-7-13(9)10(2,3)6-14-4/h5,7-8H,6,11H2,1-4H3. The topological polar surface area (TPSA) is 53.1 Å². The molecule has 0 spiro atoms. The molecule has 2 N–H and O–H groups in total. The van der Waals surface area contributed by atoms with Crippen molar-refractivity contribution in [2.45, 2.75) is 32.4 Å². The normalized spacial score (nSPS) is 14.4. The van der Waals surface area contributed by atoms with Crippen molar-refractivity contribution < 1.29 is 4.74 Å². The quantitative estimate of drug-likeness (QED) is 0.791. The van der Waals surface area contributed by atoms with Crippen molar-refractivity contribution >= 4 is 0 Å². The minimum absolute atomic E-state index is 0.00590. The highest BCUT2D eigenvalue weighted by Crippen LogP contribution is 2.20. The van der Waals surface area contributed by atoms with Crippen molar-refractivity contribution in [2.75, 3.05) is 13.7 Å². The van der Waals surface area contributed by atoms with E-state index in [0.29, 0.717) is 6.61 Å². The van der Waals surface area contributed by atoms with Crippen LogP contribution in [0.5, 0.6) is 0 Å². The van der Waals surface area contributed by atoms with Gasteiger partial charge >= 0.3 is 0 Å². The number of imidazole rings is 1. The van der Waals surface area contributed by atoms with Gasteiger partial charge < -0.3 is 15.0 Å². The largest absolute Gasteiger partial charge is 0.382 e. The fraction of sp³-hybridized carbons (Fsp3) is 0.700. The molecule has 1 unspecified atom stereocenters. The molecule has 0 aliphatic heterocycles. The molecule has 0 aliphatic rings. The molecule has 0 bridgehead atoms. The summed E-state index contributed by atoms with van der Waals surface area (Å²) in [6.45, 7) is 6.80. The third-order valence-corrected chi connectivity index (χ3v) is 2.28. The number of aromatic nitrogens is 2. The van der Waals surface area contributed by atoms with Gasteiger partial charge in [-0.3, -0.25) is 0 Å². The molecule has 0 aromatic carbocycles. The molecule has 1 rings (SSSR count). The van der Waals surface area contributed by atoms with Crippen LogP contribution in [-0.2, 0) is 10.3 Å². The summed E-state index contributed by atoms with van der Waals surface area (Å²) >= 11 is 0. The summed E-state index contributed by atoms with van der Waals surface area (Å²) in [5.74, 6) is 0. The number of methoxy groups -OCH3 is 1. The number of nitrogens with zero attached hydrogens (tertiary/aromatic N) is 2. The molecule has 4 heteroatoms. The Morgan fingerprint density at radius 1 is 1.64 bits per heavy atom. The van der Waals surface area contributed by atoms with Gasteiger partial charge in [0.25, 0.3) is 0 Å². The SMILES string of the molecule is COCC(C)(C)n1cncc1C(C)N. The lowest BCUT2D eigenvalue weighted by molar-refractivity contribution is 0.107. The van der Waals surface area contributed by atoms with E-state index in [-0.39, 0.29) is 11.6 Å². The molecule has 1 aromatic rings. The third kappa shape index (κ3) is 2.13. The number of rotatable bonds is 4. The van der Waals surface area contributed by atoms with Gasteiger partial charge in [-0.05, 0) is 20.8 Å². The van der Waals surface area contributed by atoms with E-state index in [9.17, 15) is 0 Å². The molecular formula is C10H19N3O. The predicted molar refractivity (Wildman–Crippen MR) is 56.0 cm³/mol. The van der Waals surface area contributed by atoms with Crippen LogP contribution in [0, 0.1) is 0 Å².